The van der Waals surface area contributed by atoms with Gasteiger partial charge in [-0.3, -0.25) is 0 Å². The zero-order chi connectivity index (χ0) is 13.5. The Morgan fingerprint density at radius 1 is 1.00 bits per heavy atom. The highest BCUT2D eigenvalue weighted by Gasteiger charge is 2.06. The molecule has 2 rings (SSSR count). The number of hydrogen-bond acceptors (Lipinski definition) is 2. The van der Waals surface area contributed by atoms with Crippen molar-refractivity contribution >= 4 is 0 Å². The summed E-state index contributed by atoms with van der Waals surface area (Å²) in [4.78, 5) is 3.22. The number of nitrogens with two attached hydrogens (primary N) is 1. The van der Waals surface area contributed by atoms with Gasteiger partial charge in [-0.25, -0.2) is 4.98 Å². The molecule has 4 nitrogen and oxygen atoms in total. The molecule has 0 aliphatic rings. The van der Waals surface area contributed by atoms with Crippen molar-refractivity contribution in [3.63, 3.8) is 0 Å². The molecule has 3 N–H and O–H groups in total. The number of aromatic nitrogens is 1. The summed E-state index contributed by atoms with van der Waals surface area (Å²) in [5.74, 6) is 1.54. The lowest BCUT2D eigenvalue weighted by atomic mass is 10.2. The number of H-pyrrole nitrogens is 1. The summed E-state index contributed by atoms with van der Waals surface area (Å²) >= 11 is 0. The van der Waals surface area contributed by atoms with E-state index in [0.29, 0.717) is 0 Å². The van der Waals surface area contributed by atoms with E-state index in [1.54, 1.807) is 14.2 Å². The lowest BCUT2D eigenvalue weighted by molar-refractivity contribution is -0.696. The minimum absolute atomic E-state index is 0.766. The van der Waals surface area contributed by atoms with E-state index in [-0.39, 0.29) is 0 Å². The van der Waals surface area contributed by atoms with E-state index in [1.165, 1.54) is 11.3 Å². The molecule has 0 atom stereocenters. The van der Waals surface area contributed by atoms with E-state index in [9.17, 15) is 0 Å². The SMILES string of the molecule is COc1ccc(C[NH2+]Cc2cccc[nH+]2)cc1OC. The number of methoxy groups -OCH3 is 2. The van der Waals surface area contributed by atoms with Gasteiger partial charge in [-0.1, -0.05) is 0 Å². The van der Waals surface area contributed by atoms with E-state index < -0.39 is 0 Å². The van der Waals surface area contributed by atoms with Gasteiger partial charge in [-0.05, 0) is 24.3 Å². The highest BCUT2D eigenvalue weighted by molar-refractivity contribution is 5.42. The third kappa shape index (κ3) is 3.69. The Balaban J connectivity index is 1.93. The van der Waals surface area contributed by atoms with E-state index in [4.69, 9.17) is 9.47 Å². The summed E-state index contributed by atoms with van der Waals surface area (Å²) in [6, 6.07) is 12.1. The smallest absolute Gasteiger partial charge is 0.234 e. The fraction of sp³-hybridized carbons (Fsp3) is 0.267. The number of nitrogens with one attached hydrogen (secondary N) is 1. The predicted molar refractivity (Wildman–Crippen MR) is 71.9 cm³/mol. The lowest BCUT2D eigenvalue weighted by Crippen LogP contribution is -2.81. The second-order valence-corrected chi connectivity index (χ2v) is 4.27. The van der Waals surface area contributed by atoms with Crippen molar-refractivity contribution < 1.29 is 19.8 Å². The number of rotatable bonds is 6. The number of ether oxygens (including phenoxy) is 2. The first-order valence-electron chi connectivity index (χ1n) is 6.31. The van der Waals surface area contributed by atoms with Gasteiger partial charge in [0, 0.05) is 17.7 Å². The Morgan fingerprint density at radius 2 is 1.84 bits per heavy atom. The predicted octanol–water partition coefficient (Wildman–Crippen LogP) is 0.781. The standard InChI is InChI=1S/C15H18N2O2/c1-18-14-7-6-12(9-15(14)19-2)10-16-11-13-5-3-4-8-17-13/h3-9,16H,10-11H2,1-2H3/p+2. The molecule has 0 radical (unpaired) electrons. The van der Waals surface area contributed by atoms with Crippen molar-refractivity contribution in [3.05, 3.63) is 53.9 Å². The molecule has 1 aromatic carbocycles. The van der Waals surface area contributed by atoms with Gasteiger partial charge < -0.3 is 14.8 Å². The maximum Gasteiger partial charge on any atom is 0.234 e. The maximum atomic E-state index is 5.30. The summed E-state index contributed by atoms with van der Waals surface area (Å²) in [7, 11) is 3.30. The molecule has 100 valence electrons. The van der Waals surface area contributed by atoms with Crippen molar-refractivity contribution in [1.29, 1.82) is 0 Å². The molecule has 1 aromatic heterocycles. The van der Waals surface area contributed by atoms with Crippen LogP contribution in [0.2, 0.25) is 0 Å². The van der Waals surface area contributed by atoms with E-state index in [1.807, 2.05) is 30.5 Å². The van der Waals surface area contributed by atoms with Gasteiger partial charge in [0.2, 0.25) is 5.69 Å². The average Bonchev–Trinajstić information content (AvgIpc) is 2.48. The molecule has 0 aliphatic heterocycles. The first-order valence-corrected chi connectivity index (χ1v) is 6.31. The summed E-state index contributed by atoms with van der Waals surface area (Å²) in [6.07, 6.45) is 1.94. The molecular formula is C15H20N2O2+2. The minimum atomic E-state index is 0.766. The van der Waals surface area contributed by atoms with Crippen LogP contribution in [-0.4, -0.2) is 14.2 Å². The van der Waals surface area contributed by atoms with Gasteiger partial charge in [0.15, 0.2) is 24.2 Å². The van der Waals surface area contributed by atoms with E-state index in [0.717, 1.165) is 24.6 Å². The van der Waals surface area contributed by atoms with Crippen LogP contribution in [0.25, 0.3) is 0 Å². The van der Waals surface area contributed by atoms with Gasteiger partial charge in [-0.2, -0.15) is 0 Å². The Labute approximate surface area is 113 Å². The Bertz CT molecular complexity index is 515. The Hall–Kier alpha value is -2.07. The highest BCUT2D eigenvalue weighted by atomic mass is 16.5. The average molecular weight is 260 g/mol. The molecule has 0 unspecified atom stereocenters. The molecule has 0 saturated heterocycles. The van der Waals surface area contributed by atoms with Crippen molar-refractivity contribution in [2.75, 3.05) is 14.2 Å². The van der Waals surface area contributed by atoms with Gasteiger partial charge in [0.25, 0.3) is 0 Å². The number of aromatic amines is 1. The Morgan fingerprint density at radius 3 is 2.53 bits per heavy atom. The quantitative estimate of drug-likeness (QED) is 0.834. The van der Waals surface area contributed by atoms with Crippen molar-refractivity contribution in [2.24, 2.45) is 0 Å². The molecule has 0 bridgehead atoms. The van der Waals surface area contributed by atoms with Gasteiger partial charge in [0.05, 0.1) is 14.2 Å². The fourth-order valence-corrected chi connectivity index (χ4v) is 1.96. The molecular weight excluding hydrogens is 240 g/mol. The lowest BCUT2D eigenvalue weighted by Gasteiger charge is -2.08. The highest BCUT2D eigenvalue weighted by Crippen LogP contribution is 2.27. The molecule has 4 heteroatoms. The van der Waals surface area contributed by atoms with Crippen LogP contribution < -0.4 is 19.8 Å². The number of quaternary nitrogens is 1. The second-order valence-electron chi connectivity index (χ2n) is 4.27. The van der Waals surface area contributed by atoms with Crippen molar-refractivity contribution in [1.82, 2.24) is 0 Å². The zero-order valence-corrected chi connectivity index (χ0v) is 11.3. The van der Waals surface area contributed by atoms with Crippen LogP contribution >= 0.6 is 0 Å². The monoisotopic (exact) mass is 260 g/mol. The zero-order valence-electron chi connectivity index (χ0n) is 11.3. The topological polar surface area (TPSA) is 49.2 Å². The molecule has 0 amide bonds. The van der Waals surface area contributed by atoms with Gasteiger partial charge >= 0.3 is 0 Å². The van der Waals surface area contributed by atoms with Gasteiger partial charge in [-0.15, -0.1) is 0 Å². The summed E-state index contributed by atoms with van der Waals surface area (Å²) in [5, 5.41) is 2.24. The van der Waals surface area contributed by atoms with Crippen LogP contribution in [0.15, 0.2) is 42.6 Å². The maximum absolute atomic E-state index is 5.30. The van der Waals surface area contributed by atoms with Crippen LogP contribution in [0.1, 0.15) is 11.3 Å². The summed E-state index contributed by atoms with van der Waals surface area (Å²) < 4.78 is 10.5. The Kier molecular flexibility index (Phi) is 4.75. The third-order valence-electron chi connectivity index (χ3n) is 2.97. The molecule has 0 spiro atoms. The summed E-state index contributed by atoms with van der Waals surface area (Å²) in [6.45, 7) is 1.83. The number of hydrogen-bond donors (Lipinski definition) is 1. The second kappa shape index (κ2) is 6.75. The molecule has 19 heavy (non-hydrogen) atoms. The normalized spacial score (nSPS) is 10.2. The van der Waals surface area contributed by atoms with Crippen LogP contribution in [-0.2, 0) is 13.1 Å². The fourth-order valence-electron chi connectivity index (χ4n) is 1.96. The molecule has 0 saturated carbocycles. The van der Waals surface area contributed by atoms with Gasteiger partial charge in [0.1, 0.15) is 6.54 Å². The van der Waals surface area contributed by atoms with Crippen molar-refractivity contribution in [3.8, 4) is 11.5 Å². The van der Waals surface area contributed by atoms with Crippen LogP contribution in [0.3, 0.4) is 0 Å². The molecule has 2 aromatic rings. The molecule has 1 heterocycles. The first-order chi connectivity index (χ1) is 9.33. The largest absolute Gasteiger partial charge is 0.493 e. The van der Waals surface area contributed by atoms with E-state index in [2.05, 4.69) is 22.4 Å². The van der Waals surface area contributed by atoms with E-state index >= 15 is 0 Å². The van der Waals surface area contributed by atoms with Crippen LogP contribution in [0.5, 0.6) is 11.5 Å². The number of benzene rings is 1. The molecule has 0 fully saturated rings. The minimum Gasteiger partial charge on any atom is -0.493 e. The van der Waals surface area contributed by atoms with Crippen molar-refractivity contribution in [2.45, 2.75) is 13.1 Å². The summed E-state index contributed by atoms with van der Waals surface area (Å²) in [5.41, 5.74) is 2.43. The number of pyridine rings is 1. The third-order valence-corrected chi connectivity index (χ3v) is 2.97. The molecule has 0 aliphatic carbocycles. The van der Waals surface area contributed by atoms with Crippen LogP contribution in [0.4, 0.5) is 0 Å². The van der Waals surface area contributed by atoms with Crippen LogP contribution in [0, 0.1) is 0 Å². The first kappa shape index (κ1) is 13.4.